The van der Waals surface area contributed by atoms with Gasteiger partial charge in [-0.3, -0.25) is 4.90 Å². The van der Waals surface area contributed by atoms with Gasteiger partial charge in [0.2, 0.25) is 0 Å². The second-order valence-corrected chi connectivity index (χ2v) is 7.60. The Morgan fingerprint density at radius 2 is 1.76 bits per heavy atom. The Labute approximate surface area is 172 Å². The molecular formula is C24H29N3O2. The van der Waals surface area contributed by atoms with E-state index in [1.54, 1.807) is 6.20 Å². The Kier molecular flexibility index (Phi) is 6.27. The van der Waals surface area contributed by atoms with Gasteiger partial charge in [0.05, 0.1) is 18.5 Å². The monoisotopic (exact) mass is 391 g/mol. The van der Waals surface area contributed by atoms with Crippen molar-refractivity contribution in [1.82, 2.24) is 14.5 Å². The van der Waals surface area contributed by atoms with Crippen molar-refractivity contribution < 1.29 is 9.47 Å². The van der Waals surface area contributed by atoms with Crippen LogP contribution in [-0.2, 0) is 23.4 Å². The van der Waals surface area contributed by atoms with Crippen LogP contribution in [0, 0.1) is 0 Å². The average Bonchev–Trinajstić information content (AvgIpc) is 3.30. The molecule has 0 saturated carbocycles. The minimum atomic E-state index is -0.168. The number of aromatic nitrogens is 2. The summed E-state index contributed by atoms with van der Waals surface area (Å²) in [4.78, 5) is 6.57. The van der Waals surface area contributed by atoms with E-state index in [0.717, 1.165) is 44.8 Å². The molecule has 0 atom stereocenters. The molecule has 1 saturated heterocycles. The molecule has 1 aliphatic heterocycles. The molecule has 0 radical (unpaired) electrons. The standard InChI is InChI=1S/C24H29N3O2/c1-28-24(22-8-3-2-4-9-22)11-14-26(15-12-24)19-21-7-5-6-10-23(21)29-18-17-27-16-13-25-20-27/h2-10,13,16,20H,11-12,14-15,17-19H2,1H3. The van der Waals surface area contributed by atoms with Gasteiger partial charge < -0.3 is 14.0 Å². The Balaban J connectivity index is 1.36. The molecule has 1 fully saturated rings. The maximum Gasteiger partial charge on any atom is 0.123 e. The van der Waals surface area contributed by atoms with Gasteiger partial charge >= 0.3 is 0 Å². The molecule has 1 aliphatic rings. The zero-order valence-corrected chi connectivity index (χ0v) is 17.0. The summed E-state index contributed by atoms with van der Waals surface area (Å²) in [5.41, 5.74) is 2.35. The number of hydrogen-bond donors (Lipinski definition) is 0. The predicted octanol–water partition coefficient (Wildman–Crippen LogP) is 4.10. The minimum absolute atomic E-state index is 0.168. The second-order valence-electron chi connectivity index (χ2n) is 7.60. The van der Waals surface area contributed by atoms with Crippen LogP contribution in [-0.4, -0.2) is 41.3 Å². The summed E-state index contributed by atoms with van der Waals surface area (Å²) in [7, 11) is 1.84. The fourth-order valence-electron chi connectivity index (χ4n) is 4.12. The molecule has 1 aromatic heterocycles. The van der Waals surface area contributed by atoms with Gasteiger partial charge in [0.1, 0.15) is 12.4 Å². The van der Waals surface area contributed by atoms with Crippen LogP contribution in [0.2, 0.25) is 0 Å². The zero-order chi connectivity index (χ0) is 19.9. The first-order valence-electron chi connectivity index (χ1n) is 10.3. The van der Waals surface area contributed by atoms with Crippen molar-refractivity contribution >= 4 is 0 Å². The van der Waals surface area contributed by atoms with Crippen molar-refractivity contribution in [2.24, 2.45) is 0 Å². The first-order chi connectivity index (χ1) is 14.3. The lowest BCUT2D eigenvalue weighted by Crippen LogP contribution is -2.43. The van der Waals surface area contributed by atoms with E-state index in [1.807, 2.05) is 30.3 Å². The Hall–Kier alpha value is -2.63. The molecule has 0 bridgehead atoms. The first-order valence-corrected chi connectivity index (χ1v) is 10.3. The summed E-state index contributed by atoms with van der Waals surface area (Å²) in [5, 5.41) is 0. The van der Waals surface area contributed by atoms with E-state index < -0.39 is 0 Å². The molecule has 0 amide bonds. The molecule has 0 aliphatic carbocycles. The van der Waals surface area contributed by atoms with Gasteiger partial charge in [-0.2, -0.15) is 0 Å². The lowest BCUT2D eigenvalue weighted by molar-refractivity contribution is -0.0638. The highest BCUT2D eigenvalue weighted by molar-refractivity contribution is 5.33. The summed E-state index contributed by atoms with van der Waals surface area (Å²) in [6.45, 7) is 4.34. The number of para-hydroxylation sites is 1. The molecule has 4 rings (SSSR count). The number of hydrogen-bond acceptors (Lipinski definition) is 4. The van der Waals surface area contributed by atoms with E-state index in [4.69, 9.17) is 9.47 Å². The van der Waals surface area contributed by atoms with Gasteiger partial charge in [-0.25, -0.2) is 4.98 Å². The van der Waals surface area contributed by atoms with Crippen LogP contribution in [0.1, 0.15) is 24.0 Å². The fraction of sp³-hybridized carbons (Fsp3) is 0.375. The third-order valence-electron chi connectivity index (χ3n) is 5.89. The molecule has 0 spiro atoms. The number of imidazole rings is 1. The SMILES string of the molecule is COC1(c2ccccc2)CCN(Cc2ccccc2OCCn2ccnc2)CC1. The van der Waals surface area contributed by atoms with Gasteiger partial charge in [0.15, 0.2) is 0 Å². The molecule has 5 heteroatoms. The number of ether oxygens (including phenoxy) is 2. The molecule has 29 heavy (non-hydrogen) atoms. The Morgan fingerprint density at radius 1 is 1.00 bits per heavy atom. The van der Waals surface area contributed by atoms with Gasteiger partial charge in [-0.05, 0) is 24.5 Å². The molecule has 152 valence electrons. The topological polar surface area (TPSA) is 39.5 Å². The maximum absolute atomic E-state index is 6.08. The minimum Gasteiger partial charge on any atom is -0.491 e. The highest BCUT2D eigenvalue weighted by Crippen LogP contribution is 2.36. The van der Waals surface area contributed by atoms with Crippen molar-refractivity contribution in [2.75, 3.05) is 26.8 Å². The van der Waals surface area contributed by atoms with Crippen LogP contribution in [0.25, 0.3) is 0 Å². The summed E-state index contributed by atoms with van der Waals surface area (Å²) >= 11 is 0. The largest absolute Gasteiger partial charge is 0.491 e. The summed E-state index contributed by atoms with van der Waals surface area (Å²) in [5.74, 6) is 0.972. The smallest absolute Gasteiger partial charge is 0.123 e. The molecule has 3 aromatic rings. The van der Waals surface area contributed by atoms with Crippen LogP contribution in [0.5, 0.6) is 5.75 Å². The summed E-state index contributed by atoms with van der Waals surface area (Å²) in [6, 6.07) is 19.0. The van der Waals surface area contributed by atoms with E-state index in [0.29, 0.717) is 6.61 Å². The van der Waals surface area contributed by atoms with Crippen LogP contribution in [0.15, 0.2) is 73.3 Å². The van der Waals surface area contributed by atoms with E-state index in [9.17, 15) is 0 Å². The average molecular weight is 392 g/mol. The third-order valence-corrected chi connectivity index (χ3v) is 5.89. The van der Waals surface area contributed by atoms with E-state index in [2.05, 4.69) is 58.4 Å². The molecule has 0 N–H and O–H groups in total. The second kappa shape index (κ2) is 9.25. The van der Waals surface area contributed by atoms with Gasteiger partial charge in [-0.15, -0.1) is 0 Å². The molecule has 5 nitrogen and oxygen atoms in total. The maximum atomic E-state index is 6.08. The Bertz CT molecular complexity index is 872. The van der Waals surface area contributed by atoms with Gasteiger partial charge in [0.25, 0.3) is 0 Å². The fourth-order valence-corrected chi connectivity index (χ4v) is 4.12. The normalized spacial score (nSPS) is 16.6. The third kappa shape index (κ3) is 4.69. The molecule has 2 aromatic carbocycles. The van der Waals surface area contributed by atoms with Crippen LogP contribution in [0.4, 0.5) is 0 Å². The highest BCUT2D eigenvalue weighted by Gasteiger charge is 2.36. The summed E-state index contributed by atoms with van der Waals surface area (Å²) < 4.78 is 14.1. The Morgan fingerprint density at radius 3 is 2.48 bits per heavy atom. The number of methoxy groups -OCH3 is 1. The highest BCUT2D eigenvalue weighted by atomic mass is 16.5. The number of rotatable bonds is 8. The van der Waals surface area contributed by atoms with E-state index >= 15 is 0 Å². The van der Waals surface area contributed by atoms with Crippen LogP contribution in [0.3, 0.4) is 0 Å². The van der Waals surface area contributed by atoms with Crippen LogP contribution >= 0.6 is 0 Å². The van der Waals surface area contributed by atoms with Gasteiger partial charge in [0, 0.05) is 44.7 Å². The summed E-state index contributed by atoms with van der Waals surface area (Å²) in [6.07, 6.45) is 7.56. The van der Waals surface area contributed by atoms with Crippen molar-refractivity contribution in [1.29, 1.82) is 0 Å². The predicted molar refractivity (Wildman–Crippen MR) is 114 cm³/mol. The van der Waals surface area contributed by atoms with Crippen molar-refractivity contribution in [3.63, 3.8) is 0 Å². The van der Waals surface area contributed by atoms with Crippen LogP contribution < -0.4 is 4.74 Å². The lowest BCUT2D eigenvalue weighted by atomic mass is 9.84. The number of benzene rings is 2. The molecule has 2 heterocycles. The first kappa shape index (κ1) is 19.7. The number of nitrogens with zero attached hydrogens (tertiary/aromatic N) is 3. The van der Waals surface area contributed by atoms with Gasteiger partial charge in [-0.1, -0.05) is 48.5 Å². The molecular weight excluding hydrogens is 362 g/mol. The van der Waals surface area contributed by atoms with E-state index in [-0.39, 0.29) is 5.60 Å². The number of piperidine rings is 1. The van der Waals surface area contributed by atoms with E-state index in [1.165, 1.54) is 11.1 Å². The van der Waals surface area contributed by atoms with Crippen molar-refractivity contribution in [3.05, 3.63) is 84.4 Å². The van der Waals surface area contributed by atoms with Crippen molar-refractivity contribution in [3.8, 4) is 5.75 Å². The zero-order valence-electron chi connectivity index (χ0n) is 17.0. The quantitative estimate of drug-likeness (QED) is 0.580. The number of likely N-dealkylation sites (tertiary alicyclic amines) is 1. The van der Waals surface area contributed by atoms with Crippen molar-refractivity contribution in [2.45, 2.75) is 31.5 Å². The lowest BCUT2D eigenvalue weighted by Gasteiger charge is -2.41. The molecule has 0 unspecified atom stereocenters.